The van der Waals surface area contributed by atoms with E-state index in [1.165, 1.54) is 18.6 Å². The van der Waals surface area contributed by atoms with E-state index >= 15 is 0 Å². The number of piperidine rings is 2. The Bertz CT molecular complexity index is 646. The number of hydrogen-bond donors (Lipinski definition) is 0. The quantitative estimate of drug-likeness (QED) is 0.772. The molecule has 0 aromatic heterocycles. The van der Waals surface area contributed by atoms with Crippen molar-refractivity contribution in [3.8, 4) is 5.75 Å². The maximum Gasteiger partial charge on any atom is 0.162 e. The van der Waals surface area contributed by atoms with Crippen LogP contribution in [0.25, 0.3) is 0 Å². The fraction of sp³-hybridized carbons (Fsp3) is 0.727. The van der Waals surface area contributed by atoms with Crippen LogP contribution in [0, 0.1) is 28.9 Å². The molecule has 0 amide bonds. The zero-order valence-electron chi connectivity index (χ0n) is 17.3. The van der Waals surface area contributed by atoms with Crippen molar-refractivity contribution in [1.29, 1.82) is 0 Å². The van der Waals surface area contributed by atoms with Crippen molar-refractivity contribution >= 4 is 0 Å². The van der Waals surface area contributed by atoms with Crippen molar-refractivity contribution in [1.82, 2.24) is 9.80 Å². The molecule has 3 nitrogen and oxygen atoms in total. The molecule has 0 saturated carbocycles. The van der Waals surface area contributed by atoms with Crippen molar-refractivity contribution in [3.05, 3.63) is 29.8 Å². The molecular weight excluding hydrogens is 346 g/mol. The fourth-order valence-corrected chi connectivity index (χ4v) is 4.77. The normalized spacial score (nSPS) is 31.1. The molecule has 2 saturated heterocycles. The largest absolute Gasteiger partial charge is 0.490 e. The number of benzene rings is 1. The van der Waals surface area contributed by atoms with Crippen LogP contribution < -0.4 is 4.74 Å². The second-order valence-electron chi connectivity index (χ2n) is 9.58. The average molecular weight is 381 g/mol. The smallest absolute Gasteiger partial charge is 0.162 e. The minimum Gasteiger partial charge on any atom is -0.490 e. The van der Waals surface area contributed by atoms with Gasteiger partial charge in [0.2, 0.25) is 0 Å². The zero-order chi connectivity index (χ0) is 19.8. The summed E-state index contributed by atoms with van der Waals surface area (Å²) in [5.74, 6) is -0.206. The molecule has 2 aliphatic rings. The van der Waals surface area contributed by atoms with Gasteiger partial charge in [-0.3, -0.25) is 0 Å². The van der Waals surface area contributed by atoms with Crippen molar-refractivity contribution in [2.75, 3.05) is 33.7 Å². The van der Waals surface area contributed by atoms with Gasteiger partial charge in [-0.2, -0.15) is 0 Å². The molecule has 5 heteroatoms. The van der Waals surface area contributed by atoms with Gasteiger partial charge in [0.05, 0.1) is 0 Å². The fourth-order valence-electron chi connectivity index (χ4n) is 4.77. The van der Waals surface area contributed by atoms with Crippen LogP contribution >= 0.6 is 0 Å². The number of likely N-dealkylation sites (tertiary alicyclic amines) is 2. The summed E-state index contributed by atoms with van der Waals surface area (Å²) in [6.45, 7) is 10.0. The van der Waals surface area contributed by atoms with Crippen molar-refractivity contribution in [2.24, 2.45) is 17.3 Å². The van der Waals surface area contributed by atoms with E-state index in [4.69, 9.17) is 4.74 Å². The molecule has 0 radical (unpaired) electrons. The molecule has 2 fully saturated rings. The molecular formula is C22H34F2N2O. The SMILES string of the molecule is CN1CCC(Oc2ccc(F)c(F)c2)C(C2CC(C(C)(C)C)CCN2C)C1. The van der Waals surface area contributed by atoms with Crippen LogP contribution in [0.15, 0.2) is 18.2 Å². The third-order valence-corrected chi connectivity index (χ3v) is 6.62. The predicted molar refractivity (Wildman–Crippen MR) is 105 cm³/mol. The average Bonchev–Trinajstić information content (AvgIpc) is 2.59. The third-order valence-electron chi connectivity index (χ3n) is 6.62. The maximum atomic E-state index is 13.6. The molecule has 4 atom stereocenters. The van der Waals surface area contributed by atoms with E-state index in [2.05, 4.69) is 44.7 Å². The van der Waals surface area contributed by atoms with Crippen LogP contribution in [-0.2, 0) is 0 Å². The Kier molecular flexibility index (Phi) is 6.11. The summed E-state index contributed by atoms with van der Waals surface area (Å²) < 4.78 is 33.1. The number of hydrogen-bond acceptors (Lipinski definition) is 3. The first-order valence-corrected chi connectivity index (χ1v) is 10.2. The topological polar surface area (TPSA) is 15.7 Å². The van der Waals surface area contributed by atoms with Gasteiger partial charge in [0, 0.05) is 31.1 Å². The highest BCUT2D eigenvalue weighted by Crippen LogP contribution is 2.40. The molecule has 4 unspecified atom stereocenters. The van der Waals surface area contributed by atoms with E-state index in [1.807, 2.05) is 0 Å². The van der Waals surface area contributed by atoms with E-state index in [9.17, 15) is 8.78 Å². The molecule has 0 spiro atoms. The van der Waals surface area contributed by atoms with E-state index in [0.29, 0.717) is 29.0 Å². The van der Waals surface area contributed by atoms with E-state index < -0.39 is 11.6 Å². The van der Waals surface area contributed by atoms with Gasteiger partial charge in [0.25, 0.3) is 0 Å². The summed E-state index contributed by atoms with van der Waals surface area (Å²) >= 11 is 0. The van der Waals surface area contributed by atoms with E-state index in [-0.39, 0.29) is 6.10 Å². The highest BCUT2D eigenvalue weighted by Gasteiger charge is 2.42. The monoisotopic (exact) mass is 380 g/mol. The third kappa shape index (κ3) is 4.80. The number of halogens is 2. The lowest BCUT2D eigenvalue weighted by molar-refractivity contribution is -0.0277. The molecule has 3 rings (SSSR count). The first-order valence-electron chi connectivity index (χ1n) is 10.2. The molecule has 2 heterocycles. The maximum absolute atomic E-state index is 13.6. The second-order valence-corrected chi connectivity index (χ2v) is 9.58. The Hall–Kier alpha value is -1.20. The Morgan fingerprint density at radius 2 is 1.78 bits per heavy atom. The number of ether oxygens (including phenoxy) is 1. The molecule has 0 aliphatic carbocycles. The Morgan fingerprint density at radius 1 is 1.04 bits per heavy atom. The summed E-state index contributed by atoms with van der Waals surface area (Å²) in [5, 5.41) is 0. The number of rotatable bonds is 3. The Labute approximate surface area is 162 Å². The lowest BCUT2D eigenvalue weighted by Crippen LogP contribution is -2.56. The van der Waals surface area contributed by atoms with Gasteiger partial charge in [-0.05, 0) is 63.4 Å². The summed E-state index contributed by atoms with van der Waals surface area (Å²) in [6.07, 6.45) is 3.33. The zero-order valence-corrected chi connectivity index (χ0v) is 17.3. The van der Waals surface area contributed by atoms with Crippen LogP contribution in [0.4, 0.5) is 8.78 Å². The van der Waals surface area contributed by atoms with Crippen molar-refractivity contribution in [2.45, 2.75) is 52.2 Å². The lowest BCUT2D eigenvalue weighted by atomic mass is 9.70. The van der Waals surface area contributed by atoms with Gasteiger partial charge in [0.1, 0.15) is 11.9 Å². The summed E-state index contributed by atoms with van der Waals surface area (Å²) in [7, 11) is 4.37. The molecule has 1 aromatic carbocycles. The van der Waals surface area contributed by atoms with Crippen LogP contribution in [0.5, 0.6) is 5.75 Å². The van der Waals surface area contributed by atoms with Gasteiger partial charge >= 0.3 is 0 Å². The van der Waals surface area contributed by atoms with Crippen LogP contribution in [0.3, 0.4) is 0 Å². The molecule has 27 heavy (non-hydrogen) atoms. The van der Waals surface area contributed by atoms with Crippen molar-refractivity contribution < 1.29 is 13.5 Å². The molecule has 0 bridgehead atoms. The minimum absolute atomic E-state index is 0.0252. The Morgan fingerprint density at radius 3 is 2.44 bits per heavy atom. The second kappa shape index (κ2) is 8.04. The molecule has 2 aliphatic heterocycles. The predicted octanol–water partition coefficient (Wildman–Crippen LogP) is 4.42. The van der Waals surface area contributed by atoms with Gasteiger partial charge in [0.15, 0.2) is 11.6 Å². The van der Waals surface area contributed by atoms with Gasteiger partial charge < -0.3 is 14.5 Å². The standard InChI is InChI=1S/C22H34F2N2O/c1-22(2,3)15-8-11-26(5)20(12-15)17-14-25(4)10-9-21(17)27-16-6-7-18(23)19(24)13-16/h6-7,13,15,17,20-21H,8-12,14H2,1-5H3. The van der Waals surface area contributed by atoms with Crippen LogP contribution in [0.1, 0.15) is 40.0 Å². The highest BCUT2D eigenvalue weighted by atomic mass is 19.2. The summed E-state index contributed by atoms with van der Waals surface area (Å²) in [4.78, 5) is 4.85. The van der Waals surface area contributed by atoms with Crippen LogP contribution in [-0.4, -0.2) is 55.7 Å². The van der Waals surface area contributed by atoms with Gasteiger partial charge in [-0.1, -0.05) is 20.8 Å². The minimum atomic E-state index is -0.848. The first-order chi connectivity index (χ1) is 12.6. The van der Waals surface area contributed by atoms with Gasteiger partial charge in [-0.25, -0.2) is 8.78 Å². The summed E-state index contributed by atoms with van der Waals surface area (Å²) in [5.41, 5.74) is 0.302. The van der Waals surface area contributed by atoms with Crippen molar-refractivity contribution in [3.63, 3.8) is 0 Å². The molecule has 0 N–H and O–H groups in total. The van der Waals surface area contributed by atoms with E-state index in [0.717, 1.165) is 38.5 Å². The highest BCUT2D eigenvalue weighted by molar-refractivity contribution is 5.24. The van der Waals surface area contributed by atoms with E-state index in [1.54, 1.807) is 0 Å². The first kappa shape index (κ1) is 20.5. The Balaban J connectivity index is 1.79. The molecule has 1 aromatic rings. The van der Waals surface area contributed by atoms with Crippen LogP contribution in [0.2, 0.25) is 0 Å². The number of nitrogens with zero attached hydrogens (tertiary/aromatic N) is 2. The molecule has 152 valence electrons. The summed E-state index contributed by atoms with van der Waals surface area (Å²) in [6, 6.07) is 4.31. The lowest BCUT2D eigenvalue weighted by Gasteiger charge is -2.49. The van der Waals surface area contributed by atoms with Gasteiger partial charge in [-0.15, -0.1) is 0 Å².